The average molecular weight is 435 g/mol. The van der Waals surface area contributed by atoms with Crippen molar-refractivity contribution >= 4 is 11.8 Å². The Morgan fingerprint density at radius 3 is 1.43 bits per heavy atom. The van der Waals surface area contributed by atoms with E-state index in [0.29, 0.717) is 0 Å². The molecular weight excluding hydrogens is 420 g/mol. The molecule has 0 aromatic heterocycles. The highest BCUT2D eigenvalue weighted by molar-refractivity contribution is 6.10. The summed E-state index contributed by atoms with van der Waals surface area (Å²) >= 11 is 0. The number of nitrogens with zero attached hydrogens (tertiary/aromatic N) is 1. The molecule has 0 fully saturated rings. The molecule has 0 saturated carbocycles. The third-order valence-electron chi connectivity index (χ3n) is 4.04. The quantitative estimate of drug-likeness (QED) is 0.387. The van der Waals surface area contributed by atoms with E-state index in [4.69, 9.17) is 0 Å². The molecule has 0 radical (unpaired) electrons. The van der Waals surface area contributed by atoms with Crippen molar-refractivity contribution in [3.63, 3.8) is 0 Å². The zero-order chi connectivity index (χ0) is 22.7. The summed E-state index contributed by atoms with van der Waals surface area (Å²) in [7, 11) is 1.65. The molecule has 0 aliphatic rings. The molecule has 2 rings (SSSR count). The Morgan fingerprint density at radius 2 is 1.13 bits per heavy atom. The van der Waals surface area contributed by atoms with E-state index < -0.39 is 75.9 Å². The summed E-state index contributed by atoms with van der Waals surface area (Å²) in [5, 5.41) is 0. The first-order valence-corrected chi connectivity index (χ1v) is 8.39. The van der Waals surface area contributed by atoms with Gasteiger partial charge in [0.05, 0.1) is 25.3 Å². The first-order chi connectivity index (χ1) is 14.1. The third-order valence-corrected chi connectivity index (χ3v) is 4.04. The van der Waals surface area contributed by atoms with Crippen LogP contribution in [-0.2, 0) is 0 Å². The fraction of sp³-hybridized carbons (Fsp3) is 0.263. The number of imide groups is 1. The molecule has 11 heteroatoms. The van der Waals surface area contributed by atoms with E-state index in [9.17, 15) is 35.9 Å². The van der Waals surface area contributed by atoms with E-state index in [-0.39, 0.29) is 23.5 Å². The van der Waals surface area contributed by atoms with Gasteiger partial charge >= 0.3 is 0 Å². The Kier molecular flexibility index (Phi) is 6.96. The average Bonchev–Trinajstić information content (AvgIpc) is 2.71. The van der Waals surface area contributed by atoms with Gasteiger partial charge in [-0.3, -0.25) is 14.5 Å². The van der Waals surface area contributed by atoms with Crippen LogP contribution >= 0.6 is 0 Å². The molecule has 0 heterocycles. The lowest BCUT2D eigenvalue weighted by Crippen LogP contribution is -2.38. The van der Waals surface area contributed by atoms with Crippen LogP contribution in [0.4, 0.5) is 26.3 Å². The predicted molar refractivity (Wildman–Crippen MR) is 91.4 cm³/mol. The van der Waals surface area contributed by atoms with E-state index in [1.807, 2.05) is 0 Å². The van der Waals surface area contributed by atoms with Crippen molar-refractivity contribution in [2.45, 2.75) is 13.3 Å². The van der Waals surface area contributed by atoms with Crippen LogP contribution in [-0.4, -0.2) is 37.5 Å². The van der Waals surface area contributed by atoms with Crippen molar-refractivity contribution in [1.82, 2.24) is 4.90 Å². The first-order valence-electron chi connectivity index (χ1n) is 8.39. The normalized spacial score (nSPS) is 10.7. The van der Waals surface area contributed by atoms with Crippen LogP contribution in [0.15, 0.2) is 12.1 Å². The fourth-order valence-corrected chi connectivity index (χ4v) is 2.64. The van der Waals surface area contributed by atoms with Gasteiger partial charge in [-0.1, -0.05) is 6.92 Å². The maximum Gasteiger partial charge on any atom is 0.263 e. The second kappa shape index (κ2) is 9.06. The molecule has 0 aliphatic heterocycles. The van der Waals surface area contributed by atoms with Crippen molar-refractivity contribution in [2.75, 3.05) is 20.8 Å². The Hall–Kier alpha value is -3.24. The highest BCUT2D eigenvalue weighted by Gasteiger charge is 2.33. The summed E-state index contributed by atoms with van der Waals surface area (Å²) in [5.74, 6) is -15.2. The van der Waals surface area contributed by atoms with Crippen LogP contribution < -0.4 is 9.47 Å². The topological polar surface area (TPSA) is 55.8 Å². The largest absolute Gasteiger partial charge is 0.491 e. The number of hydrogen-bond acceptors (Lipinski definition) is 4. The molecule has 2 amide bonds. The van der Waals surface area contributed by atoms with Gasteiger partial charge < -0.3 is 9.47 Å². The molecule has 30 heavy (non-hydrogen) atoms. The van der Waals surface area contributed by atoms with Crippen molar-refractivity contribution in [1.29, 1.82) is 0 Å². The standard InChI is InChI=1S/C19H15F6NO4/c1-4-5-26(18(27)8-6-10(20)14(24)16(29-2)12(8)22)19(28)9-7-11(21)15(25)17(30-3)13(9)23/h6-7H,4-5H2,1-3H3. The lowest BCUT2D eigenvalue weighted by molar-refractivity contribution is 0.0608. The van der Waals surface area contributed by atoms with Gasteiger partial charge in [-0.15, -0.1) is 0 Å². The van der Waals surface area contributed by atoms with Gasteiger partial charge in [0.1, 0.15) is 0 Å². The van der Waals surface area contributed by atoms with E-state index in [2.05, 4.69) is 9.47 Å². The van der Waals surface area contributed by atoms with Crippen molar-refractivity contribution in [3.8, 4) is 11.5 Å². The minimum absolute atomic E-state index is 0.0857. The number of halogens is 6. The first kappa shape index (κ1) is 23.0. The predicted octanol–water partition coefficient (Wildman–Crippen LogP) is 4.23. The maximum absolute atomic E-state index is 14.5. The molecule has 0 bridgehead atoms. The van der Waals surface area contributed by atoms with Crippen molar-refractivity contribution in [3.05, 3.63) is 58.2 Å². The third kappa shape index (κ3) is 3.91. The summed E-state index contributed by atoms with van der Waals surface area (Å²) in [6.45, 7) is 1.07. The van der Waals surface area contributed by atoms with Gasteiger partial charge in [0.15, 0.2) is 34.8 Å². The van der Waals surface area contributed by atoms with Gasteiger partial charge in [0.25, 0.3) is 11.8 Å². The summed E-state index contributed by atoms with van der Waals surface area (Å²) in [5.41, 5.74) is -2.16. The van der Waals surface area contributed by atoms with Crippen LogP contribution in [0.2, 0.25) is 0 Å². The SMILES string of the molecule is CCCN(C(=O)c1cc(F)c(F)c(OC)c1F)C(=O)c1cc(F)c(F)c(OC)c1F. The highest BCUT2D eigenvalue weighted by atomic mass is 19.2. The molecular formula is C19H15F6NO4. The zero-order valence-corrected chi connectivity index (χ0v) is 15.9. The number of carbonyl (C=O) groups excluding carboxylic acids is 2. The van der Waals surface area contributed by atoms with Crippen LogP contribution in [0.3, 0.4) is 0 Å². The number of amides is 2. The smallest absolute Gasteiger partial charge is 0.263 e. The lowest BCUT2D eigenvalue weighted by Gasteiger charge is -2.22. The number of ether oxygens (including phenoxy) is 2. The number of carbonyl (C=O) groups is 2. The second-order valence-electron chi connectivity index (χ2n) is 5.90. The molecule has 5 nitrogen and oxygen atoms in total. The second-order valence-corrected chi connectivity index (χ2v) is 5.90. The van der Waals surface area contributed by atoms with Crippen molar-refractivity contribution < 1.29 is 45.4 Å². The highest BCUT2D eigenvalue weighted by Crippen LogP contribution is 2.30. The molecule has 162 valence electrons. The van der Waals surface area contributed by atoms with Gasteiger partial charge in [0.2, 0.25) is 11.6 Å². The molecule has 0 aliphatic carbocycles. The molecule has 2 aromatic carbocycles. The summed E-state index contributed by atoms with van der Waals surface area (Å²) in [6, 6.07) is 0.404. The van der Waals surface area contributed by atoms with E-state index in [0.717, 1.165) is 14.2 Å². The Morgan fingerprint density at radius 1 is 0.767 bits per heavy atom. The zero-order valence-electron chi connectivity index (χ0n) is 15.9. The van der Waals surface area contributed by atoms with E-state index in [1.54, 1.807) is 0 Å². The summed E-state index contributed by atoms with van der Waals surface area (Å²) < 4.78 is 92.5. The van der Waals surface area contributed by atoms with E-state index in [1.165, 1.54) is 6.92 Å². The Balaban J connectivity index is 2.62. The molecule has 0 N–H and O–H groups in total. The van der Waals surface area contributed by atoms with Crippen LogP contribution in [0.25, 0.3) is 0 Å². The number of rotatable bonds is 6. The summed E-state index contributed by atoms with van der Waals surface area (Å²) in [6.07, 6.45) is 0.0857. The van der Waals surface area contributed by atoms with Crippen LogP contribution in [0, 0.1) is 34.9 Å². The van der Waals surface area contributed by atoms with E-state index >= 15 is 0 Å². The van der Waals surface area contributed by atoms with Crippen molar-refractivity contribution in [2.24, 2.45) is 0 Å². The lowest BCUT2D eigenvalue weighted by atomic mass is 10.1. The molecule has 0 saturated heterocycles. The minimum Gasteiger partial charge on any atom is -0.491 e. The van der Waals surface area contributed by atoms with Gasteiger partial charge in [-0.05, 0) is 18.6 Å². The maximum atomic E-state index is 14.5. The van der Waals surface area contributed by atoms with Gasteiger partial charge in [0, 0.05) is 6.54 Å². The van der Waals surface area contributed by atoms with Crippen LogP contribution in [0.1, 0.15) is 34.1 Å². The van der Waals surface area contributed by atoms with Crippen LogP contribution in [0.5, 0.6) is 11.5 Å². The van der Waals surface area contributed by atoms with Gasteiger partial charge in [-0.2, -0.15) is 8.78 Å². The monoisotopic (exact) mass is 435 g/mol. The van der Waals surface area contributed by atoms with Gasteiger partial charge in [-0.25, -0.2) is 17.6 Å². The molecule has 0 unspecified atom stereocenters. The Labute approximate surface area is 166 Å². The Bertz CT molecular complexity index is 934. The number of hydrogen-bond donors (Lipinski definition) is 0. The number of methoxy groups -OCH3 is 2. The molecule has 0 atom stereocenters. The molecule has 0 spiro atoms. The summed E-state index contributed by atoms with van der Waals surface area (Å²) in [4.78, 5) is 25.7. The molecule has 2 aromatic rings. The number of benzene rings is 2. The minimum atomic E-state index is -1.70. The fourth-order valence-electron chi connectivity index (χ4n) is 2.64.